The van der Waals surface area contributed by atoms with Crippen LogP contribution in [-0.4, -0.2) is 54.3 Å². The zero-order valence-corrected chi connectivity index (χ0v) is 19.8. The summed E-state index contributed by atoms with van der Waals surface area (Å²) in [5.41, 5.74) is 2.25. The topological polar surface area (TPSA) is 37.0 Å². The standard InChI is InChI=1S/C27H36FN3O2/c1-20(2)33-27-10-6-22(7-11-27)17-29-21(3)31(18-23-4-8-24(28)9-5-23)25-12-13-30-14-15-32-19-26(30)16-25/h4-11,20,25-26,29H,3,12-19H2,1-2H3/t25-,26+/m1/s1. The van der Waals surface area contributed by atoms with Crippen molar-refractivity contribution in [3.05, 3.63) is 77.9 Å². The molecule has 33 heavy (non-hydrogen) atoms. The van der Waals surface area contributed by atoms with Crippen molar-refractivity contribution >= 4 is 0 Å². The lowest BCUT2D eigenvalue weighted by molar-refractivity contribution is -0.0415. The molecule has 0 aromatic heterocycles. The van der Waals surface area contributed by atoms with Crippen LogP contribution in [0.25, 0.3) is 0 Å². The molecule has 2 saturated heterocycles. The van der Waals surface area contributed by atoms with Gasteiger partial charge in [-0.1, -0.05) is 30.8 Å². The van der Waals surface area contributed by atoms with Crippen molar-refractivity contribution in [1.29, 1.82) is 0 Å². The molecule has 2 atom stereocenters. The van der Waals surface area contributed by atoms with Crippen molar-refractivity contribution in [1.82, 2.24) is 15.1 Å². The van der Waals surface area contributed by atoms with E-state index < -0.39 is 0 Å². The fourth-order valence-corrected chi connectivity index (χ4v) is 4.73. The van der Waals surface area contributed by atoms with Gasteiger partial charge in [0.2, 0.25) is 0 Å². The quantitative estimate of drug-likeness (QED) is 0.603. The second kappa shape index (κ2) is 11.0. The van der Waals surface area contributed by atoms with E-state index >= 15 is 0 Å². The van der Waals surface area contributed by atoms with E-state index in [1.54, 1.807) is 0 Å². The predicted molar refractivity (Wildman–Crippen MR) is 129 cm³/mol. The van der Waals surface area contributed by atoms with Gasteiger partial charge in [-0.15, -0.1) is 0 Å². The van der Waals surface area contributed by atoms with Gasteiger partial charge in [0, 0.05) is 38.3 Å². The number of ether oxygens (including phenoxy) is 2. The molecule has 6 heteroatoms. The third-order valence-corrected chi connectivity index (χ3v) is 6.49. The van der Waals surface area contributed by atoms with Gasteiger partial charge in [-0.25, -0.2) is 4.39 Å². The van der Waals surface area contributed by atoms with Crippen LogP contribution in [0.2, 0.25) is 0 Å². The van der Waals surface area contributed by atoms with Crippen molar-refractivity contribution in [2.75, 3.05) is 26.3 Å². The predicted octanol–water partition coefficient (Wildman–Crippen LogP) is 4.54. The number of benzene rings is 2. The van der Waals surface area contributed by atoms with Gasteiger partial charge in [-0.3, -0.25) is 4.90 Å². The molecule has 5 nitrogen and oxygen atoms in total. The van der Waals surface area contributed by atoms with E-state index in [-0.39, 0.29) is 11.9 Å². The SMILES string of the molecule is C=C(NCc1ccc(OC(C)C)cc1)N(Cc1ccc(F)cc1)[C@@H]1CCN2CCOC[C@@H]2C1. The number of morpholine rings is 1. The lowest BCUT2D eigenvalue weighted by atomic mass is 9.95. The van der Waals surface area contributed by atoms with Gasteiger partial charge in [0.25, 0.3) is 0 Å². The minimum absolute atomic E-state index is 0.162. The van der Waals surface area contributed by atoms with Crippen LogP contribution < -0.4 is 10.1 Å². The van der Waals surface area contributed by atoms with Gasteiger partial charge in [-0.2, -0.15) is 0 Å². The summed E-state index contributed by atoms with van der Waals surface area (Å²) in [7, 11) is 0. The molecule has 2 aliphatic rings. The van der Waals surface area contributed by atoms with Crippen molar-refractivity contribution in [3.8, 4) is 5.75 Å². The number of rotatable bonds is 9. The summed E-state index contributed by atoms with van der Waals surface area (Å²) in [6, 6.07) is 15.8. The Morgan fingerprint density at radius 3 is 2.61 bits per heavy atom. The van der Waals surface area contributed by atoms with E-state index in [0.29, 0.717) is 25.2 Å². The highest BCUT2D eigenvalue weighted by Crippen LogP contribution is 2.27. The highest BCUT2D eigenvalue weighted by Gasteiger charge is 2.34. The summed E-state index contributed by atoms with van der Waals surface area (Å²) >= 11 is 0. The molecule has 0 aliphatic carbocycles. The smallest absolute Gasteiger partial charge is 0.123 e. The number of halogens is 1. The third kappa shape index (κ3) is 6.49. The first kappa shape index (κ1) is 23.6. The molecule has 178 valence electrons. The van der Waals surface area contributed by atoms with Crippen LogP contribution in [0, 0.1) is 5.82 Å². The second-order valence-corrected chi connectivity index (χ2v) is 9.31. The Kier molecular flexibility index (Phi) is 7.89. The van der Waals surface area contributed by atoms with E-state index in [0.717, 1.165) is 56.3 Å². The third-order valence-electron chi connectivity index (χ3n) is 6.49. The Morgan fingerprint density at radius 1 is 1.15 bits per heavy atom. The van der Waals surface area contributed by atoms with Crippen molar-refractivity contribution < 1.29 is 13.9 Å². The Labute approximate surface area is 197 Å². The first-order valence-corrected chi connectivity index (χ1v) is 12.0. The number of nitrogens with one attached hydrogen (secondary N) is 1. The Hall–Kier alpha value is -2.57. The molecule has 2 aromatic rings. The molecule has 1 N–H and O–H groups in total. The molecule has 2 aromatic carbocycles. The molecule has 2 aliphatic heterocycles. The minimum Gasteiger partial charge on any atom is -0.491 e. The summed E-state index contributed by atoms with van der Waals surface area (Å²) in [4.78, 5) is 4.91. The summed E-state index contributed by atoms with van der Waals surface area (Å²) in [5.74, 6) is 1.57. The molecular formula is C27H36FN3O2. The number of fused-ring (bicyclic) bond motifs is 1. The largest absolute Gasteiger partial charge is 0.491 e. The second-order valence-electron chi connectivity index (χ2n) is 9.31. The summed E-state index contributed by atoms with van der Waals surface area (Å²) < 4.78 is 24.9. The maximum Gasteiger partial charge on any atom is 0.123 e. The molecule has 4 rings (SSSR count). The van der Waals surface area contributed by atoms with Gasteiger partial charge in [0.05, 0.1) is 25.1 Å². The van der Waals surface area contributed by atoms with E-state index in [2.05, 4.69) is 33.8 Å². The van der Waals surface area contributed by atoms with E-state index in [1.807, 2.05) is 38.1 Å². The molecular weight excluding hydrogens is 417 g/mol. The van der Waals surface area contributed by atoms with Crippen molar-refractivity contribution in [3.63, 3.8) is 0 Å². The average molecular weight is 454 g/mol. The fraction of sp³-hybridized carbons (Fsp3) is 0.481. The van der Waals surface area contributed by atoms with Gasteiger partial charge < -0.3 is 19.7 Å². The Morgan fingerprint density at radius 2 is 1.88 bits per heavy atom. The van der Waals surface area contributed by atoms with Crippen LogP contribution in [0.4, 0.5) is 4.39 Å². The molecule has 0 radical (unpaired) electrons. The highest BCUT2D eigenvalue weighted by atomic mass is 19.1. The van der Waals surface area contributed by atoms with Gasteiger partial charge in [-0.05, 0) is 62.1 Å². The molecule has 0 saturated carbocycles. The van der Waals surface area contributed by atoms with Gasteiger partial charge >= 0.3 is 0 Å². The van der Waals surface area contributed by atoms with E-state index in [9.17, 15) is 4.39 Å². The van der Waals surface area contributed by atoms with Crippen LogP contribution in [0.3, 0.4) is 0 Å². The van der Waals surface area contributed by atoms with Crippen LogP contribution >= 0.6 is 0 Å². The molecule has 0 unspecified atom stereocenters. The Balaban J connectivity index is 1.42. The monoisotopic (exact) mass is 453 g/mol. The van der Waals surface area contributed by atoms with Crippen molar-refractivity contribution in [2.45, 2.75) is 58.0 Å². The normalized spacial score (nSPS) is 20.8. The van der Waals surface area contributed by atoms with E-state index in [4.69, 9.17) is 9.47 Å². The van der Waals surface area contributed by atoms with Gasteiger partial charge in [0.1, 0.15) is 11.6 Å². The van der Waals surface area contributed by atoms with Crippen LogP contribution in [0.15, 0.2) is 60.9 Å². The van der Waals surface area contributed by atoms with E-state index in [1.165, 1.54) is 17.7 Å². The molecule has 2 heterocycles. The first-order valence-electron chi connectivity index (χ1n) is 12.0. The van der Waals surface area contributed by atoms with Crippen LogP contribution in [0.1, 0.15) is 37.8 Å². The highest BCUT2D eigenvalue weighted by molar-refractivity contribution is 5.27. The molecule has 0 spiro atoms. The van der Waals surface area contributed by atoms with Crippen LogP contribution in [0.5, 0.6) is 5.75 Å². The fourth-order valence-electron chi connectivity index (χ4n) is 4.73. The summed E-state index contributed by atoms with van der Waals surface area (Å²) in [5, 5.41) is 3.53. The first-order chi connectivity index (χ1) is 16.0. The molecule has 0 amide bonds. The maximum absolute atomic E-state index is 13.5. The molecule has 2 fully saturated rings. The zero-order valence-electron chi connectivity index (χ0n) is 19.8. The lowest BCUT2D eigenvalue weighted by Gasteiger charge is -2.46. The summed E-state index contributed by atoms with van der Waals surface area (Å²) in [6.07, 6.45) is 2.29. The number of piperidine rings is 1. The number of hydrogen-bond acceptors (Lipinski definition) is 5. The van der Waals surface area contributed by atoms with Gasteiger partial charge in [0.15, 0.2) is 0 Å². The summed E-state index contributed by atoms with van der Waals surface area (Å²) in [6.45, 7) is 13.5. The van der Waals surface area contributed by atoms with Crippen molar-refractivity contribution in [2.24, 2.45) is 0 Å². The number of hydrogen-bond donors (Lipinski definition) is 1. The number of nitrogens with zero attached hydrogens (tertiary/aromatic N) is 2. The molecule has 0 bridgehead atoms. The maximum atomic E-state index is 13.5. The average Bonchev–Trinajstić information content (AvgIpc) is 2.82. The Bertz CT molecular complexity index is 901. The zero-order chi connectivity index (χ0) is 23.2. The van der Waals surface area contributed by atoms with Crippen LogP contribution in [-0.2, 0) is 17.8 Å². The lowest BCUT2D eigenvalue weighted by Crippen LogP contribution is -2.55. The minimum atomic E-state index is -0.209.